The molecule has 1 aliphatic heterocycles. The van der Waals surface area contributed by atoms with Crippen molar-refractivity contribution in [3.8, 4) is 0 Å². The zero-order valence-corrected chi connectivity index (χ0v) is 12.4. The standard InChI is InChI=1S/C11H23N2.Re/c1-11(2,3)5-4-8-13-9-6-12-7-10-13;/h4-10H2,1-3H3;/q-1;. The van der Waals surface area contributed by atoms with E-state index in [1.165, 1.54) is 32.5 Å². The largest absolute Gasteiger partial charge is 0.660 e. The van der Waals surface area contributed by atoms with E-state index in [-0.39, 0.29) is 20.4 Å². The molecule has 14 heavy (non-hydrogen) atoms. The average Bonchev–Trinajstić information content (AvgIpc) is 2.04. The van der Waals surface area contributed by atoms with E-state index in [9.17, 15) is 0 Å². The first kappa shape index (κ1) is 14.6. The van der Waals surface area contributed by atoms with Gasteiger partial charge in [0.25, 0.3) is 0 Å². The van der Waals surface area contributed by atoms with Crippen LogP contribution in [0.5, 0.6) is 0 Å². The van der Waals surface area contributed by atoms with Crippen molar-refractivity contribution >= 4 is 0 Å². The molecule has 0 aromatic heterocycles. The summed E-state index contributed by atoms with van der Waals surface area (Å²) in [5.74, 6) is 0. The van der Waals surface area contributed by atoms with Gasteiger partial charge in [0, 0.05) is 20.4 Å². The van der Waals surface area contributed by atoms with Gasteiger partial charge in [0.2, 0.25) is 0 Å². The van der Waals surface area contributed by atoms with Crippen LogP contribution >= 0.6 is 0 Å². The molecule has 0 aromatic carbocycles. The summed E-state index contributed by atoms with van der Waals surface area (Å²) in [6.07, 6.45) is 2.67. The van der Waals surface area contributed by atoms with Crippen LogP contribution in [0.15, 0.2) is 0 Å². The quantitative estimate of drug-likeness (QED) is 0.747. The van der Waals surface area contributed by atoms with Gasteiger partial charge in [-0.3, -0.25) is 0 Å². The van der Waals surface area contributed by atoms with Crippen molar-refractivity contribution in [1.29, 1.82) is 0 Å². The second-order valence-corrected chi connectivity index (χ2v) is 5.18. The molecule has 1 radical (unpaired) electrons. The Hall–Kier alpha value is 0.582. The minimum Gasteiger partial charge on any atom is -0.660 e. The van der Waals surface area contributed by atoms with Crippen LogP contribution in [-0.4, -0.2) is 37.6 Å². The summed E-state index contributed by atoms with van der Waals surface area (Å²) in [7, 11) is 0. The molecule has 85 valence electrons. The maximum absolute atomic E-state index is 4.34. The first-order valence-electron chi connectivity index (χ1n) is 5.43. The average molecular weight is 370 g/mol. The smallest absolute Gasteiger partial charge is 0 e. The minimum absolute atomic E-state index is 0. The van der Waals surface area contributed by atoms with E-state index in [0.29, 0.717) is 5.41 Å². The SMILES string of the molecule is CC(C)(C)CCCN1CC[N-]CC1.[Re]. The van der Waals surface area contributed by atoms with Crippen molar-refractivity contribution in [3.63, 3.8) is 0 Å². The van der Waals surface area contributed by atoms with E-state index in [1.807, 2.05) is 0 Å². The Labute approximate surface area is 102 Å². The minimum atomic E-state index is 0. The third-order valence-electron chi connectivity index (χ3n) is 2.55. The van der Waals surface area contributed by atoms with Crippen LogP contribution in [0.1, 0.15) is 33.6 Å². The normalized spacial score (nSPS) is 19.1. The molecule has 1 saturated heterocycles. The molecule has 0 aliphatic carbocycles. The van der Waals surface area contributed by atoms with Gasteiger partial charge in [0.1, 0.15) is 0 Å². The van der Waals surface area contributed by atoms with Crippen molar-refractivity contribution < 1.29 is 20.4 Å². The van der Waals surface area contributed by atoms with E-state index < -0.39 is 0 Å². The molecule has 0 N–H and O–H groups in total. The molecule has 0 aromatic rings. The van der Waals surface area contributed by atoms with E-state index in [1.54, 1.807) is 0 Å². The van der Waals surface area contributed by atoms with Gasteiger partial charge in [-0.2, -0.15) is 0 Å². The van der Waals surface area contributed by atoms with Crippen LogP contribution in [0.3, 0.4) is 0 Å². The van der Waals surface area contributed by atoms with Crippen LogP contribution in [0.25, 0.3) is 5.32 Å². The molecular weight excluding hydrogens is 346 g/mol. The Bertz CT molecular complexity index is 137. The Morgan fingerprint density at radius 3 is 2.21 bits per heavy atom. The number of piperazine rings is 1. The molecule has 0 saturated carbocycles. The molecule has 1 fully saturated rings. The van der Waals surface area contributed by atoms with E-state index in [0.717, 1.165) is 13.1 Å². The summed E-state index contributed by atoms with van der Waals surface area (Å²) in [5, 5.41) is 4.34. The van der Waals surface area contributed by atoms with Crippen LogP contribution in [0.2, 0.25) is 0 Å². The van der Waals surface area contributed by atoms with Gasteiger partial charge in [-0.1, -0.05) is 20.8 Å². The molecule has 0 spiro atoms. The van der Waals surface area contributed by atoms with Gasteiger partial charge in [-0.15, -0.1) is 13.1 Å². The summed E-state index contributed by atoms with van der Waals surface area (Å²) >= 11 is 0. The van der Waals surface area contributed by atoms with Gasteiger partial charge in [0.15, 0.2) is 0 Å². The van der Waals surface area contributed by atoms with Crippen LogP contribution in [0.4, 0.5) is 0 Å². The maximum Gasteiger partial charge on any atom is 0 e. The van der Waals surface area contributed by atoms with Crippen molar-refractivity contribution in [2.24, 2.45) is 5.41 Å². The van der Waals surface area contributed by atoms with Gasteiger partial charge < -0.3 is 10.2 Å². The first-order valence-corrected chi connectivity index (χ1v) is 5.43. The molecule has 1 rings (SSSR count). The summed E-state index contributed by atoms with van der Waals surface area (Å²) in [6.45, 7) is 12.7. The second kappa shape index (κ2) is 6.96. The summed E-state index contributed by atoms with van der Waals surface area (Å²) in [5.41, 5.74) is 0.500. The van der Waals surface area contributed by atoms with Crippen molar-refractivity contribution in [3.05, 3.63) is 5.32 Å². The fourth-order valence-electron chi connectivity index (χ4n) is 1.70. The predicted octanol–water partition coefficient (Wildman–Crippen LogP) is 2.50. The summed E-state index contributed by atoms with van der Waals surface area (Å²) in [4.78, 5) is 2.54. The maximum atomic E-state index is 4.34. The molecule has 1 aliphatic rings. The van der Waals surface area contributed by atoms with Crippen LogP contribution < -0.4 is 0 Å². The second-order valence-electron chi connectivity index (χ2n) is 5.18. The van der Waals surface area contributed by atoms with Crippen molar-refractivity contribution in [2.75, 3.05) is 32.7 Å². The van der Waals surface area contributed by atoms with Gasteiger partial charge in [-0.25, -0.2) is 0 Å². The van der Waals surface area contributed by atoms with E-state index in [2.05, 4.69) is 31.0 Å². The Kier molecular flexibility index (Phi) is 7.25. The molecule has 0 unspecified atom stereocenters. The molecule has 0 atom stereocenters. The third-order valence-corrected chi connectivity index (χ3v) is 2.55. The van der Waals surface area contributed by atoms with Crippen LogP contribution in [-0.2, 0) is 20.4 Å². The van der Waals surface area contributed by atoms with Crippen LogP contribution in [0, 0.1) is 5.41 Å². The fourth-order valence-corrected chi connectivity index (χ4v) is 1.70. The Balaban J connectivity index is 0.00000169. The van der Waals surface area contributed by atoms with E-state index >= 15 is 0 Å². The Morgan fingerprint density at radius 2 is 1.71 bits per heavy atom. The van der Waals surface area contributed by atoms with Crippen molar-refractivity contribution in [1.82, 2.24) is 4.90 Å². The predicted molar refractivity (Wildman–Crippen MR) is 58.2 cm³/mol. The molecule has 3 heteroatoms. The fraction of sp³-hybridized carbons (Fsp3) is 1.00. The monoisotopic (exact) mass is 370 g/mol. The number of nitrogens with zero attached hydrogens (tertiary/aromatic N) is 2. The van der Waals surface area contributed by atoms with Crippen molar-refractivity contribution in [2.45, 2.75) is 33.6 Å². The van der Waals surface area contributed by atoms with Gasteiger partial charge >= 0.3 is 0 Å². The summed E-state index contributed by atoms with van der Waals surface area (Å²) in [6, 6.07) is 0. The van der Waals surface area contributed by atoms with Gasteiger partial charge in [0.05, 0.1) is 0 Å². The molecule has 2 nitrogen and oxygen atoms in total. The first-order chi connectivity index (χ1) is 6.08. The molecular formula is C11H23N2Re-. The number of rotatable bonds is 3. The summed E-state index contributed by atoms with van der Waals surface area (Å²) < 4.78 is 0. The topological polar surface area (TPSA) is 17.3 Å². The van der Waals surface area contributed by atoms with Gasteiger partial charge in [-0.05, 0) is 37.9 Å². The molecule has 0 bridgehead atoms. The number of hydrogen-bond donors (Lipinski definition) is 0. The van der Waals surface area contributed by atoms with E-state index in [4.69, 9.17) is 0 Å². The molecule has 1 heterocycles. The Morgan fingerprint density at radius 1 is 1.14 bits per heavy atom. The number of hydrogen-bond acceptors (Lipinski definition) is 1. The molecule has 0 amide bonds. The third kappa shape index (κ3) is 6.95. The zero-order chi connectivity index (χ0) is 9.73. The zero-order valence-electron chi connectivity index (χ0n) is 9.72.